The number of hydrogen-bond acceptors (Lipinski definition) is 2. The first-order chi connectivity index (χ1) is 8.06. The van der Waals surface area contributed by atoms with E-state index in [0.29, 0.717) is 10.6 Å². The fourth-order valence-corrected chi connectivity index (χ4v) is 2.93. The fourth-order valence-electron chi connectivity index (χ4n) is 1.60. The second kappa shape index (κ2) is 5.21. The van der Waals surface area contributed by atoms with Crippen molar-refractivity contribution >= 4 is 45.2 Å². The Bertz CT molecular complexity index is 448. The lowest BCUT2D eigenvalue weighted by Crippen LogP contribution is -2.31. The predicted molar refractivity (Wildman–Crippen MR) is 77.0 cm³/mol. The Hall–Kier alpha value is -0.190. The number of halogens is 2. The number of hydrogen-bond donors (Lipinski definition) is 1. The SMILES string of the molecule is CSC1(CNC(=O)c2cc(Cl)ccc2Br)CC1. The molecule has 17 heavy (non-hydrogen) atoms. The zero-order valence-electron chi connectivity index (χ0n) is 9.43. The van der Waals surface area contributed by atoms with Gasteiger partial charge in [-0.15, -0.1) is 0 Å². The summed E-state index contributed by atoms with van der Waals surface area (Å²) in [6.45, 7) is 0.728. The first-order valence-electron chi connectivity index (χ1n) is 5.35. The van der Waals surface area contributed by atoms with Crippen molar-refractivity contribution in [3.05, 3.63) is 33.3 Å². The van der Waals surface area contributed by atoms with Crippen LogP contribution in [0.2, 0.25) is 5.02 Å². The molecule has 0 spiro atoms. The third-order valence-corrected chi connectivity index (χ3v) is 5.33. The first kappa shape index (κ1) is 13.2. The smallest absolute Gasteiger partial charge is 0.252 e. The Kier molecular flexibility index (Phi) is 4.06. The van der Waals surface area contributed by atoms with Gasteiger partial charge in [-0.1, -0.05) is 11.6 Å². The lowest BCUT2D eigenvalue weighted by atomic mass is 10.2. The van der Waals surface area contributed by atoms with Crippen molar-refractivity contribution in [1.29, 1.82) is 0 Å². The van der Waals surface area contributed by atoms with Crippen LogP contribution in [0.1, 0.15) is 23.2 Å². The first-order valence-corrected chi connectivity index (χ1v) is 7.74. The zero-order chi connectivity index (χ0) is 12.5. The van der Waals surface area contributed by atoms with Crippen LogP contribution in [0.4, 0.5) is 0 Å². The van der Waals surface area contributed by atoms with E-state index in [1.54, 1.807) is 18.2 Å². The van der Waals surface area contributed by atoms with Gasteiger partial charge in [-0.05, 0) is 53.2 Å². The summed E-state index contributed by atoms with van der Waals surface area (Å²) in [6, 6.07) is 5.23. The number of thioether (sulfide) groups is 1. The van der Waals surface area contributed by atoms with Crippen molar-refractivity contribution in [2.24, 2.45) is 0 Å². The Labute approximate surface area is 119 Å². The molecular weight excluding hydrogens is 322 g/mol. The molecule has 92 valence electrons. The van der Waals surface area contributed by atoms with Crippen LogP contribution in [0.15, 0.2) is 22.7 Å². The minimum Gasteiger partial charge on any atom is -0.351 e. The highest BCUT2D eigenvalue weighted by molar-refractivity contribution is 9.10. The Morgan fingerprint density at radius 2 is 2.29 bits per heavy atom. The highest BCUT2D eigenvalue weighted by atomic mass is 79.9. The van der Waals surface area contributed by atoms with Gasteiger partial charge < -0.3 is 5.32 Å². The third-order valence-electron chi connectivity index (χ3n) is 2.98. The van der Waals surface area contributed by atoms with E-state index >= 15 is 0 Å². The monoisotopic (exact) mass is 333 g/mol. The third kappa shape index (κ3) is 3.18. The van der Waals surface area contributed by atoms with Crippen molar-refractivity contribution in [3.8, 4) is 0 Å². The molecular formula is C12H13BrClNOS. The molecule has 1 N–H and O–H groups in total. The van der Waals surface area contributed by atoms with E-state index < -0.39 is 0 Å². The number of amides is 1. The number of nitrogens with one attached hydrogen (secondary N) is 1. The number of rotatable bonds is 4. The maximum absolute atomic E-state index is 12.0. The second-order valence-electron chi connectivity index (χ2n) is 4.19. The van der Waals surface area contributed by atoms with Gasteiger partial charge in [0.2, 0.25) is 0 Å². The van der Waals surface area contributed by atoms with Crippen LogP contribution in [0.3, 0.4) is 0 Å². The van der Waals surface area contributed by atoms with Crippen LogP contribution in [0.25, 0.3) is 0 Å². The molecule has 1 amide bonds. The molecule has 1 aliphatic rings. The van der Waals surface area contributed by atoms with E-state index in [-0.39, 0.29) is 10.7 Å². The summed E-state index contributed by atoms with van der Waals surface area (Å²) in [7, 11) is 0. The Morgan fingerprint density at radius 1 is 1.59 bits per heavy atom. The summed E-state index contributed by atoms with van der Waals surface area (Å²) in [4.78, 5) is 12.0. The molecule has 0 bridgehead atoms. The normalized spacial score (nSPS) is 16.6. The molecule has 0 aliphatic heterocycles. The van der Waals surface area contributed by atoms with Crippen LogP contribution >= 0.6 is 39.3 Å². The van der Waals surface area contributed by atoms with Gasteiger partial charge in [-0.25, -0.2) is 0 Å². The summed E-state index contributed by atoms with van der Waals surface area (Å²) in [6.07, 6.45) is 4.46. The predicted octanol–water partition coefficient (Wildman–Crippen LogP) is 3.73. The molecule has 0 aromatic heterocycles. The van der Waals surface area contributed by atoms with Gasteiger partial charge in [0.1, 0.15) is 0 Å². The van der Waals surface area contributed by atoms with Crippen molar-refractivity contribution < 1.29 is 4.79 Å². The van der Waals surface area contributed by atoms with Gasteiger partial charge in [0, 0.05) is 20.8 Å². The van der Waals surface area contributed by atoms with E-state index in [2.05, 4.69) is 27.5 Å². The summed E-state index contributed by atoms with van der Waals surface area (Å²) in [5.41, 5.74) is 0.592. The molecule has 0 saturated heterocycles. The quantitative estimate of drug-likeness (QED) is 0.909. The molecule has 1 aromatic rings. The minimum absolute atomic E-state index is 0.0697. The number of carbonyl (C=O) groups is 1. The number of benzene rings is 1. The largest absolute Gasteiger partial charge is 0.351 e. The molecule has 2 nitrogen and oxygen atoms in total. The minimum atomic E-state index is -0.0697. The maximum atomic E-state index is 12.0. The van der Waals surface area contributed by atoms with Crippen LogP contribution in [-0.2, 0) is 0 Å². The van der Waals surface area contributed by atoms with Crippen molar-refractivity contribution in [3.63, 3.8) is 0 Å². The lowest BCUT2D eigenvalue weighted by Gasteiger charge is -2.13. The molecule has 1 aliphatic carbocycles. The lowest BCUT2D eigenvalue weighted by molar-refractivity contribution is 0.0952. The van der Waals surface area contributed by atoms with Crippen LogP contribution in [-0.4, -0.2) is 23.5 Å². The second-order valence-corrected chi connectivity index (χ2v) is 6.76. The molecule has 0 unspecified atom stereocenters. The van der Waals surface area contributed by atoms with E-state index in [4.69, 9.17) is 11.6 Å². The van der Waals surface area contributed by atoms with Crippen LogP contribution in [0, 0.1) is 0 Å². The molecule has 0 atom stereocenters. The highest BCUT2D eigenvalue weighted by Gasteiger charge is 2.42. The van der Waals surface area contributed by atoms with Crippen molar-refractivity contribution in [1.82, 2.24) is 5.32 Å². The summed E-state index contributed by atoms with van der Waals surface area (Å²) in [5, 5.41) is 3.55. The van der Waals surface area contributed by atoms with Gasteiger partial charge in [-0.3, -0.25) is 4.79 Å². The topological polar surface area (TPSA) is 29.1 Å². The number of carbonyl (C=O) groups excluding carboxylic acids is 1. The van der Waals surface area contributed by atoms with Gasteiger partial charge in [0.05, 0.1) is 5.56 Å². The summed E-state index contributed by atoms with van der Waals surface area (Å²) < 4.78 is 1.05. The Morgan fingerprint density at radius 3 is 2.88 bits per heavy atom. The average Bonchev–Trinajstić information content (AvgIpc) is 3.10. The maximum Gasteiger partial charge on any atom is 0.252 e. The summed E-state index contributed by atoms with van der Waals surface area (Å²) >= 11 is 11.1. The van der Waals surface area contributed by atoms with Gasteiger partial charge in [0.25, 0.3) is 5.91 Å². The van der Waals surface area contributed by atoms with E-state index in [1.165, 1.54) is 12.8 Å². The van der Waals surface area contributed by atoms with Crippen molar-refractivity contribution in [2.75, 3.05) is 12.8 Å². The van der Waals surface area contributed by atoms with Crippen LogP contribution < -0.4 is 5.32 Å². The van der Waals surface area contributed by atoms with Crippen LogP contribution in [0.5, 0.6) is 0 Å². The summed E-state index contributed by atoms with van der Waals surface area (Å²) in [5.74, 6) is -0.0697. The average molecular weight is 335 g/mol. The molecule has 0 radical (unpaired) electrons. The Balaban J connectivity index is 2.02. The fraction of sp³-hybridized carbons (Fsp3) is 0.417. The van der Waals surface area contributed by atoms with E-state index in [9.17, 15) is 4.79 Å². The molecule has 2 rings (SSSR count). The van der Waals surface area contributed by atoms with E-state index in [1.807, 2.05) is 11.8 Å². The molecule has 1 aromatic carbocycles. The molecule has 0 heterocycles. The zero-order valence-corrected chi connectivity index (χ0v) is 12.6. The molecule has 5 heteroatoms. The van der Waals surface area contributed by atoms with Gasteiger partial charge in [0.15, 0.2) is 0 Å². The van der Waals surface area contributed by atoms with E-state index in [0.717, 1.165) is 11.0 Å². The standard InChI is InChI=1S/C12H13BrClNOS/c1-17-12(4-5-12)7-15-11(16)9-6-8(14)2-3-10(9)13/h2-3,6H,4-5,7H2,1H3,(H,15,16). The van der Waals surface area contributed by atoms with Crippen molar-refractivity contribution in [2.45, 2.75) is 17.6 Å². The molecule has 1 fully saturated rings. The van der Waals surface area contributed by atoms with Gasteiger partial charge in [-0.2, -0.15) is 11.8 Å². The molecule has 1 saturated carbocycles. The van der Waals surface area contributed by atoms with Gasteiger partial charge >= 0.3 is 0 Å². The highest BCUT2D eigenvalue weighted by Crippen LogP contribution is 2.46.